The highest BCUT2D eigenvalue weighted by atomic mass is 32.1. The molecule has 4 rings (SSSR count). The number of halogens is 1. The van der Waals surface area contributed by atoms with Gasteiger partial charge in [0.05, 0.1) is 30.1 Å². The van der Waals surface area contributed by atoms with Crippen LogP contribution in [0.15, 0.2) is 59.7 Å². The van der Waals surface area contributed by atoms with E-state index in [1.807, 2.05) is 36.6 Å². The van der Waals surface area contributed by atoms with Crippen molar-refractivity contribution in [2.75, 3.05) is 18.1 Å². The molecule has 1 aromatic heterocycles. The van der Waals surface area contributed by atoms with E-state index in [2.05, 4.69) is 4.98 Å². The van der Waals surface area contributed by atoms with E-state index in [4.69, 9.17) is 10.1 Å². The van der Waals surface area contributed by atoms with E-state index in [-0.39, 0.29) is 24.0 Å². The number of nitrogens with one attached hydrogen (secondary N) is 1. The SMILES string of the molecule is CCCOc1ccccc1N1CC(O)=C(c2nc(-c3ccc(F)cc3)cs2)C1=N. The van der Waals surface area contributed by atoms with Crippen molar-refractivity contribution >= 4 is 28.4 Å². The third-order valence-electron chi connectivity index (χ3n) is 4.58. The molecule has 3 aromatic rings. The van der Waals surface area contributed by atoms with Crippen LogP contribution in [0.4, 0.5) is 10.1 Å². The Morgan fingerprint density at radius 2 is 1.97 bits per heavy atom. The normalized spacial score (nSPS) is 14.0. The first-order chi connectivity index (χ1) is 14.1. The van der Waals surface area contributed by atoms with Crippen molar-refractivity contribution in [1.29, 1.82) is 5.41 Å². The summed E-state index contributed by atoms with van der Waals surface area (Å²) in [5, 5.41) is 21.7. The maximum absolute atomic E-state index is 13.2. The van der Waals surface area contributed by atoms with Gasteiger partial charge in [-0.3, -0.25) is 5.41 Å². The van der Waals surface area contributed by atoms with Gasteiger partial charge < -0.3 is 14.7 Å². The van der Waals surface area contributed by atoms with Crippen molar-refractivity contribution in [2.45, 2.75) is 13.3 Å². The number of thiazole rings is 1. The zero-order valence-corrected chi connectivity index (χ0v) is 16.7. The summed E-state index contributed by atoms with van der Waals surface area (Å²) in [4.78, 5) is 6.29. The molecule has 1 aliphatic heterocycles. The fraction of sp³-hybridized carbons (Fsp3) is 0.182. The average molecular weight is 409 g/mol. The van der Waals surface area contributed by atoms with Crippen LogP contribution in [0.2, 0.25) is 0 Å². The van der Waals surface area contributed by atoms with E-state index in [0.717, 1.165) is 17.7 Å². The highest BCUT2D eigenvalue weighted by Crippen LogP contribution is 2.37. The molecule has 0 saturated carbocycles. The second-order valence-corrected chi connectivity index (χ2v) is 7.48. The monoisotopic (exact) mass is 409 g/mol. The van der Waals surface area contributed by atoms with Gasteiger partial charge >= 0.3 is 0 Å². The van der Waals surface area contributed by atoms with Crippen LogP contribution in [0, 0.1) is 11.2 Å². The molecule has 148 valence electrons. The van der Waals surface area contributed by atoms with E-state index < -0.39 is 0 Å². The van der Waals surface area contributed by atoms with Crippen LogP contribution in [0.3, 0.4) is 0 Å². The minimum atomic E-state index is -0.304. The van der Waals surface area contributed by atoms with E-state index in [1.54, 1.807) is 17.0 Å². The Kier molecular flexibility index (Phi) is 5.31. The Bertz CT molecular complexity index is 1080. The molecule has 2 heterocycles. The molecule has 0 amide bonds. The molecule has 2 aromatic carbocycles. The summed E-state index contributed by atoms with van der Waals surface area (Å²) in [6.45, 7) is 2.80. The van der Waals surface area contributed by atoms with Crippen LogP contribution in [-0.4, -0.2) is 29.1 Å². The van der Waals surface area contributed by atoms with Gasteiger partial charge in [0.25, 0.3) is 0 Å². The second kappa shape index (κ2) is 8.05. The van der Waals surface area contributed by atoms with Crippen molar-refractivity contribution in [2.24, 2.45) is 0 Å². The predicted molar refractivity (Wildman–Crippen MR) is 114 cm³/mol. The van der Waals surface area contributed by atoms with Crippen LogP contribution >= 0.6 is 11.3 Å². The fourth-order valence-electron chi connectivity index (χ4n) is 3.17. The molecule has 1 aliphatic rings. The van der Waals surface area contributed by atoms with Crippen LogP contribution in [0.25, 0.3) is 16.8 Å². The number of hydrogen-bond donors (Lipinski definition) is 2. The Morgan fingerprint density at radius 3 is 2.72 bits per heavy atom. The lowest BCUT2D eigenvalue weighted by molar-refractivity contribution is 0.318. The molecule has 0 atom stereocenters. The third kappa shape index (κ3) is 3.73. The lowest BCUT2D eigenvalue weighted by atomic mass is 10.2. The summed E-state index contributed by atoms with van der Waals surface area (Å²) in [5.41, 5.74) is 2.62. The number of para-hydroxylation sites is 2. The summed E-state index contributed by atoms with van der Waals surface area (Å²) in [7, 11) is 0. The summed E-state index contributed by atoms with van der Waals surface area (Å²) in [6.07, 6.45) is 0.881. The highest BCUT2D eigenvalue weighted by molar-refractivity contribution is 7.11. The van der Waals surface area contributed by atoms with Gasteiger partial charge in [0.1, 0.15) is 28.2 Å². The van der Waals surface area contributed by atoms with Gasteiger partial charge in [-0.2, -0.15) is 0 Å². The number of aliphatic hydroxyl groups excluding tert-OH is 1. The van der Waals surface area contributed by atoms with E-state index in [9.17, 15) is 9.50 Å². The molecule has 0 bridgehead atoms. The smallest absolute Gasteiger partial charge is 0.142 e. The number of aromatic nitrogens is 1. The van der Waals surface area contributed by atoms with E-state index in [1.165, 1.54) is 23.5 Å². The Labute approximate surface area is 172 Å². The number of aliphatic hydroxyl groups is 1. The van der Waals surface area contributed by atoms with Crippen LogP contribution in [0.5, 0.6) is 5.75 Å². The van der Waals surface area contributed by atoms with Crippen LogP contribution < -0.4 is 9.64 Å². The van der Waals surface area contributed by atoms with Gasteiger partial charge in [-0.15, -0.1) is 11.3 Å². The molecule has 7 heteroatoms. The van der Waals surface area contributed by atoms with E-state index in [0.29, 0.717) is 28.6 Å². The van der Waals surface area contributed by atoms with Crippen molar-refractivity contribution in [1.82, 2.24) is 4.98 Å². The maximum atomic E-state index is 13.2. The van der Waals surface area contributed by atoms with Gasteiger partial charge in [-0.25, -0.2) is 9.37 Å². The topological polar surface area (TPSA) is 69.4 Å². The lowest BCUT2D eigenvalue weighted by Gasteiger charge is -2.21. The molecule has 29 heavy (non-hydrogen) atoms. The molecule has 0 fully saturated rings. The number of benzene rings is 2. The molecule has 0 radical (unpaired) electrons. The maximum Gasteiger partial charge on any atom is 0.142 e. The first kappa shape index (κ1) is 19.1. The minimum Gasteiger partial charge on any atom is -0.510 e. The zero-order chi connectivity index (χ0) is 20.4. The van der Waals surface area contributed by atoms with Crippen LogP contribution in [0.1, 0.15) is 18.4 Å². The highest BCUT2D eigenvalue weighted by Gasteiger charge is 2.32. The van der Waals surface area contributed by atoms with Gasteiger partial charge in [0, 0.05) is 10.9 Å². The van der Waals surface area contributed by atoms with Crippen molar-refractivity contribution in [3.63, 3.8) is 0 Å². The first-order valence-electron chi connectivity index (χ1n) is 9.30. The Morgan fingerprint density at radius 1 is 1.21 bits per heavy atom. The van der Waals surface area contributed by atoms with Gasteiger partial charge in [0.15, 0.2) is 0 Å². The lowest BCUT2D eigenvalue weighted by Crippen LogP contribution is -2.26. The number of anilines is 1. The fourth-order valence-corrected chi connectivity index (χ4v) is 4.06. The van der Waals surface area contributed by atoms with Crippen LogP contribution in [-0.2, 0) is 0 Å². The Hall–Kier alpha value is -3.19. The van der Waals surface area contributed by atoms with Crippen molar-refractivity contribution in [3.8, 4) is 17.0 Å². The van der Waals surface area contributed by atoms with Gasteiger partial charge in [-0.05, 0) is 42.8 Å². The number of amidine groups is 1. The molecule has 5 nitrogen and oxygen atoms in total. The quantitative estimate of drug-likeness (QED) is 0.564. The summed E-state index contributed by atoms with van der Waals surface area (Å²) < 4.78 is 19.0. The van der Waals surface area contributed by atoms with Gasteiger partial charge in [-0.1, -0.05) is 19.1 Å². The largest absolute Gasteiger partial charge is 0.510 e. The zero-order valence-electron chi connectivity index (χ0n) is 15.9. The number of hydrogen-bond acceptors (Lipinski definition) is 5. The first-order valence-corrected chi connectivity index (χ1v) is 10.2. The number of ether oxygens (including phenoxy) is 1. The van der Waals surface area contributed by atoms with Gasteiger partial charge in [0.2, 0.25) is 0 Å². The molecular formula is C22H20FN3O2S. The Balaban J connectivity index is 1.62. The summed E-state index contributed by atoms with van der Waals surface area (Å²) in [6, 6.07) is 13.6. The molecule has 0 aliphatic carbocycles. The molecule has 0 unspecified atom stereocenters. The standard InChI is InChI=1S/C22H20FN3O2S/c1-2-11-28-19-6-4-3-5-17(19)26-12-18(27)20(21(26)24)22-25-16(13-29-22)14-7-9-15(23)10-8-14/h3-10,13,24,27H,2,11-12H2,1H3. The minimum absolute atomic E-state index is 0.0975. The predicted octanol–water partition coefficient (Wildman–Crippen LogP) is 5.50. The van der Waals surface area contributed by atoms with Crippen molar-refractivity contribution < 1.29 is 14.2 Å². The van der Waals surface area contributed by atoms with Crippen molar-refractivity contribution in [3.05, 3.63) is 70.5 Å². The van der Waals surface area contributed by atoms with E-state index >= 15 is 0 Å². The molecule has 2 N–H and O–H groups in total. The number of nitrogens with zero attached hydrogens (tertiary/aromatic N) is 2. The molecule has 0 spiro atoms. The second-order valence-electron chi connectivity index (χ2n) is 6.62. The molecular weight excluding hydrogens is 389 g/mol. The number of rotatable bonds is 6. The summed E-state index contributed by atoms with van der Waals surface area (Å²) in [5.74, 6) is 0.649. The average Bonchev–Trinajstić information content (AvgIpc) is 3.31. The molecule has 0 saturated heterocycles. The summed E-state index contributed by atoms with van der Waals surface area (Å²) >= 11 is 1.35. The third-order valence-corrected chi connectivity index (χ3v) is 5.44.